The summed E-state index contributed by atoms with van der Waals surface area (Å²) in [7, 11) is 0. The van der Waals surface area contributed by atoms with E-state index in [1.807, 2.05) is 0 Å². The molecule has 1 saturated carbocycles. The normalized spacial score (nSPS) is 21.4. The molecule has 0 spiro atoms. The van der Waals surface area contributed by atoms with Gasteiger partial charge in [-0.15, -0.1) is 0 Å². The predicted molar refractivity (Wildman–Crippen MR) is 120 cm³/mol. The van der Waals surface area contributed by atoms with Crippen molar-refractivity contribution in [3.63, 3.8) is 0 Å². The Balaban J connectivity index is 1.38. The van der Waals surface area contributed by atoms with E-state index in [9.17, 15) is 4.79 Å². The molecule has 2 aromatic rings. The minimum atomic E-state index is 0.0227. The summed E-state index contributed by atoms with van der Waals surface area (Å²) < 4.78 is 5.88. The molecule has 4 nitrogen and oxygen atoms in total. The lowest BCUT2D eigenvalue weighted by atomic mass is 9.89. The Kier molecular flexibility index (Phi) is 7.54. The van der Waals surface area contributed by atoms with Crippen molar-refractivity contribution < 1.29 is 9.53 Å². The number of ether oxygens (including phenoxy) is 1. The monoisotopic (exact) mass is 406 g/mol. The van der Waals surface area contributed by atoms with Crippen LogP contribution in [0.3, 0.4) is 0 Å². The molecule has 1 saturated heterocycles. The van der Waals surface area contributed by atoms with Crippen LogP contribution in [-0.2, 0) is 22.6 Å². The number of hydrogen-bond acceptors (Lipinski definition) is 4. The molecule has 0 N–H and O–H groups in total. The van der Waals surface area contributed by atoms with Crippen LogP contribution in [0.4, 0.5) is 0 Å². The Hall–Kier alpha value is -2.17. The quantitative estimate of drug-likeness (QED) is 0.634. The van der Waals surface area contributed by atoms with E-state index < -0.39 is 0 Å². The average Bonchev–Trinajstić information content (AvgIpc) is 2.81. The third-order valence-corrected chi connectivity index (χ3v) is 6.52. The standard InChI is InChI=1S/C26H34N2O2/c29-26(24-14-8-3-9-15-24)30-21-25-20-27(18-22-10-4-1-5-11-22)16-17-28(25)19-23-12-6-2-7-13-23/h1-2,4-7,10-13,24-25H,3,8-9,14-21H2. The molecule has 4 rings (SSSR count). The summed E-state index contributed by atoms with van der Waals surface area (Å²) in [5.74, 6) is 0.139. The van der Waals surface area contributed by atoms with Crippen molar-refractivity contribution >= 4 is 5.97 Å². The van der Waals surface area contributed by atoms with E-state index in [1.54, 1.807) is 0 Å². The van der Waals surface area contributed by atoms with Crippen LogP contribution >= 0.6 is 0 Å². The Labute approximate surface area is 180 Å². The van der Waals surface area contributed by atoms with Gasteiger partial charge in [-0.05, 0) is 24.0 Å². The van der Waals surface area contributed by atoms with Crippen LogP contribution < -0.4 is 0 Å². The molecule has 1 atom stereocenters. The van der Waals surface area contributed by atoms with Gasteiger partial charge in [0.25, 0.3) is 0 Å². The zero-order valence-corrected chi connectivity index (χ0v) is 17.9. The lowest BCUT2D eigenvalue weighted by Gasteiger charge is -2.41. The molecule has 2 aromatic carbocycles. The Morgan fingerprint density at radius 3 is 2.13 bits per heavy atom. The first kappa shape index (κ1) is 21.1. The fraction of sp³-hybridized carbons (Fsp3) is 0.500. The molecule has 1 unspecified atom stereocenters. The van der Waals surface area contributed by atoms with Crippen LogP contribution in [0.5, 0.6) is 0 Å². The van der Waals surface area contributed by atoms with Gasteiger partial charge in [-0.1, -0.05) is 79.9 Å². The molecule has 1 aliphatic carbocycles. The largest absolute Gasteiger partial charge is 0.464 e. The number of hydrogen-bond donors (Lipinski definition) is 0. The Bertz CT molecular complexity index is 774. The fourth-order valence-corrected chi connectivity index (χ4v) is 4.76. The summed E-state index contributed by atoms with van der Waals surface area (Å²) in [6.07, 6.45) is 5.57. The van der Waals surface area contributed by atoms with Gasteiger partial charge in [0.15, 0.2) is 0 Å². The SMILES string of the molecule is O=C(OCC1CN(Cc2ccccc2)CCN1Cc1ccccc1)C1CCCCC1. The molecular weight excluding hydrogens is 372 g/mol. The number of carbonyl (C=O) groups excluding carboxylic acids is 1. The van der Waals surface area contributed by atoms with Gasteiger partial charge in [-0.3, -0.25) is 14.6 Å². The van der Waals surface area contributed by atoms with Gasteiger partial charge in [0.1, 0.15) is 6.61 Å². The van der Waals surface area contributed by atoms with Gasteiger partial charge in [0.05, 0.1) is 12.0 Å². The Morgan fingerprint density at radius 1 is 0.833 bits per heavy atom. The molecule has 160 valence electrons. The van der Waals surface area contributed by atoms with E-state index >= 15 is 0 Å². The fourth-order valence-electron chi connectivity index (χ4n) is 4.76. The van der Waals surface area contributed by atoms with Crippen molar-refractivity contribution in [1.82, 2.24) is 9.80 Å². The van der Waals surface area contributed by atoms with E-state index in [4.69, 9.17) is 4.74 Å². The molecule has 1 heterocycles. The Morgan fingerprint density at radius 2 is 1.47 bits per heavy atom. The molecular formula is C26H34N2O2. The van der Waals surface area contributed by atoms with Gasteiger partial charge in [0.2, 0.25) is 0 Å². The molecule has 2 aliphatic rings. The van der Waals surface area contributed by atoms with Crippen LogP contribution in [0, 0.1) is 5.92 Å². The highest BCUT2D eigenvalue weighted by molar-refractivity contribution is 5.72. The number of carbonyl (C=O) groups is 1. The van der Waals surface area contributed by atoms with E-state index in [1.165, 1.54) is 17.5 Å². The number of benzene rings is 2. The smallest absolute Gasteiger partial charge is 0.308 e. The molecule has 30 heavy (non-hydrogen) atoms. The highest BCUT2D eigenvalue weighted by Crippen LogP contribution is 2.25. The highest BCUT2D eigenvalue weighted by Gasteiger charge is 2.30. The van der Waals surface area contributed by atoms with Gasteiger partial charge in [-0.25, -0.2) is 0 Å². The summed E-state index contributed by atoms with van der Waals surface area (Å²) in [4.78, 5) is 17.6. The van der Waals surface area contributed by atoms with Gasteiger partial charge in [-0.2, -0.15) is 0 Å². The topological polar surface area (TPSA) is 32.8 Å². The first-order valence-corrected chi connectivity index (χ1v) is 11.5. The van der Waals surface area contributed by atoms with Crippen LogP contribution in [0.15, 0.2) is 60.7 Å². The summed E-state index contributed by atoms with van der Waals surface area (Å²) in [5, 5.41) is 0. The lowest BCUT2D eigenvalue weighted by Crippen LogP contribution is -2.54. The maximum absolute atomic E-state index is 12.6. The minimum absolute atomic E-state index is 0.0227. The van der Waals surface area contributed by atoms with Crippen molar-refractivity contribution in [2.45, 2.75) is 51.2 Å². The van der Waals surface area contributed by atoms with Crippen molar-refractivity contribution in [2.24, 2.45) is 5.92 Å². The van der Waals surface area contributed by atoms with E-state index in [2.05, 4.69) is 70.5 Å². The zero-order valence-electron chi connectivity index (χ0n) is 17.9. The third kappa shape index (κ3) is 5.93. The molecule has 0 amide bonds. The predicted octanol–water partition coefficient (Wildman–Crippen LogP) is 4.50. The maximum atomic E-state index is 12.6. The van der Waals surface area contributed by atoms with E-state index in [0.717, 1.165) is 58.4 Å². The summed E-state index contributed by atoms with van der Waals surface area (Å²) in [6.45, 7) is 5.31. The summed E-state index contributed by atoms with van der Waals surface area (Å²) >= 11 is 0. The molecule has 1 aliphatic heterocycles. The highest BCUT2D eigenvalue weighted by atomic mass is 16.5. The van der Waals surface area contributed by atoms with Gasteiger partial charge in [0, 0.05) is 32.7 Å². The van der Waals surface area contributed by atoms with Crippen molar-refractivity contribution in [1.29, 1.82) is 0 Å². The molecule has 0 radical (unpaired) electrons. The number of rotatable bonds is 7. The number of esters is 1. The van der Waals surface area contributed by atoms with Gasteiger partial charge < -0.3 is 4.74 Å². The zero-order chi connectivity index (χ0) is 20.6. The maximum Gasteiger partial charge on any atom is 0.308 e. The summed E-state index contributed by atoms with van der Waals surface area (Å²) in [6, 6.07) is 21.5. The van der Waals surface area contributed by atoms with E-state index in [0.29, 0.717) is 6.61 Å². The molecule has 4 heteroatoms. The van der Waals surface area contributed by atoms with Crippen molar-refractivity contribution in [2.75, 3.05) is 26.2 Å². The second-order valence-electron chi connectivity index (χ2n) is 8.80. The second-order valence-corrected chi connectivity index (χ2v) is 8.80. The molecule has 2 fully saturated rings. The number of piperazine rings is 1. The first-order chi connectivity index (χ1) is 14.8. The van der Waals surface area contributed by atoms with Crippen molar-refractivity contribution in [3.05, 3.63) is 71.8 Å². The van der Waals surface area contributed by atoms with E-state index in [-0.39, 0.29) is 17.9 Å². The second kappa shape index (κ2) is 10.7. The minimum Gasteiger partial charge on any atom is -0.464 e. The molecule has 0 aromatic heterocycles. The lowest BCUT2D eigenvalue weighted by molar-refractivity contribution is -0.152. The third-order valence-electron chi connectivity index (χ3n) is 6.52. The summed E-state index contributed by atoms with van der Waals surface area (Å²) in [5.41, 5.74) is 2.66. The van der Waals surface area contributed by atoms with Gasteiger partial charge >= 0.3 is 5.97 Å². The molecule has 0 bridgehead atoms. The number of nitrogens with zero attached hydrogens (tertiary/aromatic N) is 2. The van der Waals surface area contributed by atoms with Crippen LogP contribution in [-0.4, -0.2) is 48.1 Å². The van der Waals surface area contributed by atoms with Crippen LogP contribution in [0.1, 0.15) is 43.2 Å². The van der Waals surface area contributed by atoms with Crippen LogP contribution in [0.2, 0.25) is 0 Å². The van der Waals surface area contributed by atoms with Crippen LogP contribution in [0.25, 0.3) is 0 Å². The first-order valence-electron chi connectivity index (χ1n) is 11.5. The average molecular weight is 407 g/mol. The van der Waals surface area contributed by atoms with Crippen molar-refractivity contribution in [3.8, 4) is 0 Å².